The molecule has 1 rings (SSSR count). The van der Waals surface area contributed by atoms with Crippen LogP contribution in [0.15, 0.2) is 51.8 Å². The van der Waals surface area contributed by atoms with E-state index in [1.807, 2.05) is 64.1 Å². The van der Waals surface area contributed by atoms with Crippen molar-refractivity contribution in [2.75, 3.05) is 0 Å². The molecule has 17 heavy (non-hydrogen) atoms. The zero-order valence-electron chi connectivity index (χ0n) is 11.0. The molecule has 1 unspecified atom stereocenters. The lowest BCUT2D eigenvalue weighted by Gasteiger charge is -2.09. The highest BCUT2D eigenvalue weighted by Crippen LogP contribution is 2.19. The minimum atomic E-state index is -2.33. The van der Waals surface area contributed by atoms with Gasteiger partial charge in [0.1, 0.15) is 0 Å². The van der Waals surface area contributed by atoms with Crippen LogP contribution >= 0.6 is 0 Å². The Morgan fingerprint density at radius 3 is 2.12 bits per heavy atom. The summed E-state index contributed by atoms with van der Waals surface area (Å²) in [6.45, 7) is 7.91. The fourth-order valence-corrected chi connectivity index (χ4v) is 2.57. The summed E-state index contributed by atoms with van der Waals surface area (Å²) in [5, 5.41) is 0. The van der Waals surface area contributed by atoms with Crippen LogP contribution in [0.3, 0.4) is 0 Å². The Morgan fingerprint density at radius 2 is 1.65 bits per heavy atom. The van der Waals surface area contributed by atoms with Crippen LogP contribution < -0.4 is 0 Å². The lowest BCUT2D eigenvalue weighted by molar-refractivity contribution is 0.685. The molecule has 0 bridgehead atoms. The molecule has 2 heteroatoms. The standard InChI is InChI=1S/C15H20OS/c1-12(2)6-9-14(4)17(5,16)15-10-7-13(3)8-11-15/h6-11H,5H2,1-4H3. The molecule has 92 valence electrons. The van der Waals surface area contributed by atoms with E-state index in [0.717, 1.165) is 15.4 Å². The topological polar surface area (TPSA) is 17.1 Å². The van der Waals surface area contributed by atoms with Crippen molar-refractivity contribution in [2.45, 2.75) is 32.6 Å². The Balaban J connectivity index is 3.16. The monoisotopic (exact) mass is 248 g/mol. The molecule has 0 amide bonds. The van der Waals surface area contributed by atoms with E-state index in [9.17, 15) is 4.21 Å². The van der Waals surface area contributed by atoms with Gasteiger partial charge in [-0.3, -0.25) is 4.21 Å². The summed E-state index contributed by atoms with van der Waals surface area (Å²) < 4.78 is 12.6. The highest BCUT2D eigenvalue weighted by molar-refractivity contribution is 8.03. The maximum Gasteiger partial charge on any atom is 0.0347 e. The quantitative estimate of drug-likeness (QED) is 0.585. The molecule has 0 fully saturated rings. The fraction of sp³-hybridized carbons (Fsp3) is 0.267. The van der Waals surface area contributed by atoms with Crippen LogP contribution in [0.2, 0.25) is 0 Å². The summed E-state index contributed by atoms with van der Waals surface area (Å²) >= 11 is 0. The van der Waals surface area contributed by atoms with Gasteiger partial charge in [0.25, 0.3) is 0 Å². The molecule has 1 aromatic carbocycles. The average Bonchev–Trinajstić information content (AvgIpc) is 2.26. The lowest BCUT2D eigenvalue weighted by atomic mass is 10.2. The number of rotatable bonds is 3. The van der Waals surface area contributed by atoms with Crippen LogP contribution in [-0.4, -0.2) is 10.1 Å². The number of hydrogen-bond donors (Lipinski definition) is 0. The molecule has 0 aromatic heterocycles. The number of hydrogen-bond acceptors (Lipinski definition) is 1. The molecule has 0 aliphatic carbocycles. The minimum absolute atomic E-state index is 0.791. The van der Waals surface area contributed by atoms with E-state index >= 15 is 0 Å². The highest BCUT2D eigenvalue weighted by Gasteiger charge is 2.08. The minimum Gasteiger partial charge on any atom is -0.259 e. The molecule has 0 aliphatic rings. The van der Waals surface area contributed by atoms with E-state index in [0.29, 0.717) is 0 Å². The summed E-state index contributed by atoms with van der Waals surface area (Å²) in [5.41, 5.74) is 2.35. The number of benzene rings is 1. The summed E-state index contributed by atoms with van der Waals surface area (Å²) in [4.78, 5) is 1.60. The van der Waals surface area contributed by atoms with Gasteiger partial charge in [-0.05, 0) is 45.7 Å². The van der Waals surface area contributed by atoms with Gasteiger partial charge < -0.3 is 0 Å². The maximum absolute atomic E-state index is 12.6. The van der Waals surface area contributed by atoms with Crippen LogP contribution in [-0.2, 0) is 9.52 Å². The summed E-state index contributed by atoms with van der Waals surface area (Å²) in [6.07, 6.45) is 3.86. The Bertz CT molecular complexity index is 539. The summed E-state index contributed by atoms with van der Waals surface area (Å²) in [6, 6.07) is 7.72. The predicted octanol–water partition coefficient (Wildman–Crippen LogP) is 3.94. The third kappa shape index (κ3) is 3.60. The van der Waals surface area contributed by atoms with Crippen LogP contribution in [0.4, 0.5) is 0 Å². The third-order valence-electron chi connectivity index (χ3n) is 2.57. The zero-order valence-corrected chi connectivity index (χ0v) is 11.8. The van der Waals surface area contributed by atoms with E-state index in [2.05, 4.69) is 5.87 Å². The maximum atomic E-state index is 12.6. The average molecular weight is 248 g/mol. The number of allylic oxidation sites excluding steroid dienone is 4. The molecule has 0 saturated carbocycles. The van der Waals surface area contributed by atoms with Crippen molar-refractivity contribution in [1.82, 2.24) is 0 Å². The molecule has 1 aromatic rings. The first-order chi connectivity index (χ1) is 7.84. The van der Waals surface area contributed by atoms with Gasteiger partial charge in [-0.2, -0.15) is 0 Å². The Hall–Kier alpha value is -1.28. The van der Waals surface area contributed by atoms with Crippen molar-refractivity contribution < 1.29 is 4.21 Å². The molecule has 0 saturated heterocycles. The first-order valence-corrected chi connectivity index (χ1v) is 7.32. The molecule has 0 N–H and O–H groups in total. The van der Waals surface area contributed by atoms with E-state index < -0.39 is 9.52 Å². The van der Waals surface area contributed by atoms with Crippen LogP contribution in [0, 0.1) is 6.92 Å². The van der Waals surface area contributed by atoms with Gasteiger partial charge in [0.15, 0.2) is 0 Å². The molecule has 0 spiro atoms. The van der Waals surface area contributed by atoms with Crippen molar-refractivity contribution in [3.8, 4) is 0 Å². The van der Waals surface area contributed by atoms with E-state index in [1.165, 1.54) is 5.57 Å². The van der Waals surface area contributed by atoms with Gasteiger partial charge in [-0.1, -0.05) is 35.4 Å². The molecule has 1 atom stereocenters. The second-order valence-electron chi connectivity index (χ2n) is 4.51. The Morgan fingerprint density at radius 1 is 1.12 bits per heavy atom. The molecular weight excluding hydrogens is 228 g/mol. The highest BCUT2D eigenvalue weighted by atomic mass is 32.2. The van der Waals surface area contributed by atoms with Crippen LogP contribution in [0.1, 0.15) is 26.3 Å². The lowest BCUT2D eigenvalue weighted by Crippen LogP contribution is -2.01. The Kier molecular flexibility index (Phi) is 4.35. The van der Waals surface area contributed by atoms with Crippen LogP contribution in [0.5, 0.6) is 0 Å². The van der Waals surface area contributed by atoms with Gasteiger partial charge >= 0.3 is 0 Å². The second-order valence-corrected chi connectivity index (χ2v) is 6.98. The first-order valence-electron chi connectivity index (χ1n) is 5.60. The zero-order chi connectivity index (χ0) is 13.1. The molecule has 0 radical (unpaired) electrons. The summed E-state index contributed by atoms with van der Waals surface area (Å²) in [7, 11) is -2.33. The van der Waals surface area contributed by atoms with Crippen molar-refractivity contribution in [3.05, 3.63) is 52.5 Å². The molecule has 1 nitrogen and oxygen atoms in total. The van der Waals surface area contributed by atoms with Crippen molar-refractivity contribution >= 4 is 15.4 Å². The normalized spacial score (nSPS) is 15.2. The van der Waals surface area contributed by atoms with Gasteiger partial charge in [0.2, 0.25) is 0 Å². The van der Waals surface area contributed by atoms with E-state index in [-0.39, 0.29) is 0 Å². The van der Waals surface area contributed by atoms with Crippen molar-refractivity contribution in [2.24, 2.45) is 0 Å². The molecule has 0 heterocycles. The van der Waals surface area contributed by atoms with Crippen LogP contribution in [0.25, 0.3) is 0 Å². The van der Waals surface area contributed by atoms with Crippen molar-refractivity contribution in [1.29, 1.82) is 0 Å². The van der Waals surface area contributed by atoms with Gasteiger partial charge in [-0.25, -0.2) is 0 Å². The predicted molar refractivity (Wildman–Crippen MR) is 77.9 cm³/mol. The van der Waals surface area contributed by atoms with E-state index in [4.69, 9.17) is 0 Å². The largest absolute Gasteiger partial charge is 0.259 e. The molecule has 0 aliphatic heterocycles. The first kappa shape index (κ1) is 13.8. The fourth-order valence-electron chi connectivity index (χ4n) is 1.34. The second kappa shape index (κ2) is 5.37. The third-order valence-corrected chi connectivity index (χ3v) is 4.78. The van der Waals surface area contributed by atoms with E-state index in [1.54, 1.807) is 0 Å². The van der Waals surface area contributed by atoms with Gasteiger partial charge in [0, 0.05) is 19.3 Å². The Labute approximate surface area is 105 Å². The van der Waals surface area contributed by atoms with Gasteiger partial charge in [0.05, 0.1) is 0 Å². The number of aryl methyl sites for hydroxylation is 1. The molecular formula is C15H20OS. The van der Waals surface area contributed by atoms with Crippen molar-refractivity contribution in [3.63, 3.8) is 0 Å². The summed E-state index contributed by atoms with van der Waals surface area (Å²) in [5.74, 6) is 3.88. The van der Waals surface area contributed by atoms with Gasteiger partial charge in [-0.15, -0.1) is 0 Å². The smallest absolute Gasteiger partial charge is 0.0347 e. The SMILES string of the molecule is C=S(=O)(C(C)=CC=C(C)C)c1ccc(C)cc1.